The van der Waals surface area contributed by atoms with Crippen LogP contribution in [0.15, 0.2) is 55.1 Å². The summed E-state index contributed by atoms with van der Waals surface area (Å²) in [4.78, 5) is 16.6. The van der Waals surface area contributed by atoms with Crippen molar-refractivity contribution in [1.82, 2.24) is 20.1 Å². The van der Waals surface area contributed by atoms with Gasteiger partial charge < -0.3 is 10.4 Å². The van der Waals surface area contributed by atoms with E-state index in [1.54, 1.807) is 17.1 Å². The van der Waals surface area contributed by atoms with E-state index in [9.17, 15) is 9.90 Å². The van der Waals surface area contributed by atoms with Gasteiger partial charge in [-0.15, -0.1) is 0 Å². The molecule has 2 unspecified atom stereocenters. The van der Waals surface area contributed by atoms with Crippen LogP contribution in [-0.2, 0) is 6.42 Å². The minimum absolute atomic E-state index is 0.200. The van der Waals surface area contributed by atoms with Crippen LogP contribution in [0.4, 0.5) is 0 Å². The molecule has 4 rings (SSSR count). The molecule has 0 aliphatic heterocycles. The quantitative estimate of drug-likeness (QED) is 0.767. The second-order valence-electron chi connectivity index (χ2n) is 6.26. The van der Waals surface area contributed by atoms with Crippen LogP contribution in [0, 0.1) is 6.92 Å². The van der Waals surface area contributed by atoms with Crippen molar-refractivity contribution < 1.29 is 9.90 Å². The lowest BCUT2D eigenvalue weighted by atomic mass is 10.1. The smallest absolute Gasteiger partial charge is 0.251 e. The van der Waals surface area contributed by atoms with E-state index in [4.69, 9.17) is 0 Å². The van der Waals surface area contributed by atoms with Crippen molar-refractivity contribution in [3.63, 3.8) is 0 Å². The molecule has 1 aliphatic rings. The van der Waals surface area contributed by atoms with Gasteiger partial charge in [0.1, 0.15) is 12.7 Å². The second kappa shape index (κ2) is 6.14. The molecular formula is C19H18N4O2. The molecule has 6 heteroatoms. The standard InChI is InChI=1S/C19H18N4O2/c1-12-8-14(6-7-16(12)23-11-20-10-21-23)19(25)22-18-15-5-3-2-4-13(15)9-17(18)24/h2-8,10-11,17-18,24H,9H2,1H3,(H,22,25). The van der Waals surface area contributed by atoms with Crippen LogP contribution in [0.1, 0.15) is 33.1 Å². The Morgan fingerprint density at radius 1 is 1.28 bits per heavy atom. The predicted octanol–water partition coefficient (Wildman–Crippen LogP) is 1.96. The van der Waals surface area contributed by atoms with Gasteiger partial charge >= 0.3 is 0 Å². The number of nitrogens with one attached hydrogen (secondary N) is 1. The average Bonchev–Trinajstić information content (AvgIpc) is 3.23. The first-order valence-electron chi connectivity index (χ1n) is 8.16. The number of hydrogen-bond acceptors (Lipinski definition) is 4. The van der Waals surface area contributed by atoms with Crippen molar-refractivity contribution >= 4 is 5.91 Å². The maximum atomic E-state index is 12.6. The molecule has 2 atom stereocenters. The molecule has 2 aromatic carbocycles. The van der Waals surface area contributed by atoms with Crippen molar-refractivity contribution in [2.45, 2.75) is 25.5 Å². The van der Waals surface area contributed by atoms with Crippen LogP contribution in [0.5, 0.6) is 0 Å². The van der Waals surface area contributed by atoms with Crippen LogP contribution in [-0.4, -0.2) is 31.9 Å². The van der Waals surface area contributed by atoms with Gasteiger partial charge in [0.2, 0.25) is 0 Å². The highest BCUT2D eigenvalue weighted by atomic mass is 16.3. The molecule has 0 saturated heterocycles. The summed E-state index contributed by atoms with van der Waals surface area (Å²) in [6, 6.07) is 12.9. The van der Waals surface area contributed by atoms with Crippen LogP contribution in [0.2, 0.25) is 0 Å². The summed E-state index contributed by atoms with van der Waals surface area (Å²) in [5.41, 5.74) is 4.42. The molecule has 0 radical (unpaired) electrons. The Morgan fingerprint density at radius 3 is 2.88 bits per heavy atom. The van der Waals surface area contributed by atoms with Crippen LogP contribution < -0.4 is 5.32 Å². The molecule has 25 heavy (non-hydrogen) atoms. The molecule has 1 amide bonds. The third kappa shape index (κ3) is 2.81. The maximum Gasteiger partial charge on any atom is 0.251 e. The highest BCUT2D eigenvalue weighted by Crippen LogP contribution is 2.31. The number of aliphatic hydroxyl groups excluding tert-OH is 1. The van der Waals surface area contributed by atoms with Gasteiger partial charge in [0.25, 0.3) is 5.91 Å². The summed E-state index contributed by atoms with van der Waals surface area (Å²) >= 11 is 0. The van der Waals surface area contributed by atoms with E-state index in [0.717, 1.165) is 22.4 Å². The fourth-order valence-electron chi connectivity index (χ4n) is 3.36. The normalized spacial score (nSPS) is 18.8. The fraction of sp³-hybridized carbons (Fsp3) is 0.211. The number of rotatable bonds is 3. The summed E-state index contributed by atoms with van der Waals surface area (Å²) < 4.78 is 1.66. The van der Waals surface area contributed by atoms with Gasteiger partial charge in [0.05, 0.1) is 17.8 Å². The lowest BCUT2D eigenvalue weighted by Gasteiger charge is -2.18. The summed E-state index contributed by atoms with van der Waals surface area (Å²) in [6.07, 6.45) is 3.05. The molecule has 0 spiro atoms. The van der Waals surface area contributed by atoms with E-state index in [-0.39, 0.29) is 11.9 Å². The monoisotopic (exact) mass is 334 g/mol. The minimum Gasteiger partial charge on any atom is -0.390 e. The number of aromatic nitrogens is 3. The molecule has 0 saturated carbocycles. The summed E-state index contributed by atoms with van der Waals surface area (Å²) in [7, 11) is 0. The van der Waals surface area contributed by atoms with Crippen molar-refractivity contribution in [2.75, 3.05) is 0 Å². The first-order chi connectivity index (χ1) is 12.1. The van der Waals surface area contributed by atoms with Gasteiger partial charge in [0, 0.05) is 12.0 Å². The Morgan fingerprint density at radius 2 is 2.12 bits per heavy atom. The van der Waals surface area contributed by atoms with Crippen molar-refractivity contribution in [2.24, 2.45) is 0 Å². The van der Waals surface area contributed by atoms with E-state index in [0.29, 0.717) is 12.0 Å². The van der Waals surface area contributed by atoms with Crippen molar-refractivity contribution in [3.05, 3.63) is 77.4 Å². The Kier molecular flexibility index (Phi) is 3.82. The van der Waals surface area contributed by atoms with Gasteiger partial charge in [0.15, 0.2) is 0 Å². The molecule has 0 fully saturated rings. The van der Waals surface area contributed by atoms with Crippen molar-refractivity contribution in [3.8, 4) is 5.69 Å². The summed E-state index contributed by atoms with van der Waals surface area (Å²) in [5.74, 6) is -0.200. The average molecular weight is 334 g/mol. The van der Waals surface area contributed by atoms with Crippen molar-refractivity contribution in [1.29, 1.82) is 0 Å². The molecule has 1 aromatic heterocycles. The largest absolute Gasteiger partial charge is 0.390 e. The highest BCUT2D eigenvalue weighted by Gasteiger charge is 2.32. The summed E-state index contributed by atoms with van der Waals surface area (Å²) in [6.45, 7) is 1.92. The first kappa shape index (κ1) is 15.5. The van der Waals surface area contributed by atoms with E-state index in [1.807, 2.05) is 43.3 Å². The number of fused-ring (bicyclic) bond motifs is 1. The second-order valence-corrected chi connectivity index (χ2v) is 6.26. The van der Waals surface area contributed by atoms with Gasteiger partial charge in [-0.1, -0.05) is 24.3 Å². The van der Waals surface area contributed by atoms with Crippen LogP contribution in [0.25, 0.3) is 5.69 Å². The molecule has 126 valence electrons. The number of aliphatic hydroxyl groups is 1. The molecule has 1 heterocycles. The Bertz CT molecular complexity index is 921. The first-order valence-corrected chi connectivity index (χ1v) is 8.16. The van der Waals surface area contributed by atoms with E-state index >= 15 is 0 Å². The Balaban J connectivity index is 1.57. The van der Waals surface area contributed by atoms with Gasteiger partial charge in [-0.3, -0.25) is 4.79 Å². The summed E-state index contributed by atoms with van der Waals surface area (Å²) in [5, 5.41) is 17.4. The van der Waals surface area contributed by atoms with Crippen LogP contribution >= 0.6 is 0 Å². The number of carbonyl (C=O) groups excluding carboxylic acids is 1. The lowest BCUT2D eigenvalue weighted by Crippen LogP contribution is -2.33. The zero-order valence-corrected chi connectivity index (χ0v) is 13.8. The third-order valence-corrected chi connectivity index (χ3v) is 4.62. The number of aryl methyl sites for hydroxylation is 1. The SMILES string of the molecule is Cc1cc(C(=O)NC2c3ccccc3CC2O)ccc1-n1cncn1. The van der Waals surface area contributed by atoms with Gasteiger partial charge in [-0.25, -0.2) is 9.67 Å². The topological polar surface area (TPSA) is 80.0 Å². The molecule has 2 N–H and O–H groups in total. The molecular weight excluding hydrogens is 316 g/mol. The zero-order valence-electron chi connectivity index (χ0n) is 13.8. The number of amides is 1. The third-order valence-electron chi connectivity index (χ3n) is 4.62. The lowest BCUT2D eigenvalue weighted by molar-refractivity contribution is 0.0858. The van der Waals surface area contributed by atoms with E-state index in [1.165, 1.54) is 6.33 Å². The molecule has 1 aliphatic carbocycles. The van der Waals surface area contributed by atoms with Gasteiger partial charge in [-0.05, 0) is 41.8 Å². The molecule has 3 aromatic rings. The predicted molar refractivity (Wildman–Crippen MR) is 92.5 cm³/mol. The number of nitrogens with zero attached hydrogens (tertiary/aromatic N) is 3. The van der Waals surface area contributed by atoms with Crippen LogP contribution in [0.3, 0.4) is 0 Å². The Labute approximate surface area is 145 Å². The minimum atomic E-state index is -0.600. The number of carbonyl (C=O) groups is 1. The molecule has 6 nitrogen and oxygen atoms in total. The van der Waals surface area contributed by atoms with E-state index < -0.39 is 6.10 Å². The highest BCUT2D eigenvalue weighted by molar-refractivity contribution is 5.95. The molecule has 0 bridgehead atoms. The fourth-order valence-corrected chi connectivity index (χ4v) is 3.36. The van der Waals surface area contributed by atoms with E-state index in [2.05, 4.69) is 15.4 Å². The van der Waals surface area contributed by atoms with Gasteiger partial charge in [-0.2, -0.15) is 5.10 Å². The number of benzene rings is 2. The number of hydrogen-bond donors (Lipinski definition) is 2. The zero-order chi connectivity index (χ0) is 17.4. The maximum absolute atomic E-state index is 12.6. The Hall–Kier alpha value is -2.99.